The average molecular weight is 404 g/mol. The minimum absolute atomic E-state index is 0.0420. The van der Waals surface area contributed by atoms with E-state index in [-0.39, 0.29) is 5.37 Å². The molecule has 0 aliphatic carbocycles. The number of hydrogen-bond donors (Lipinski definition) is 2. The fraction of sp³-hybridized carbons (Fsp3) is 0.381. The van der Waals surface area contributed by atoms with Crippen LogP contribution in [0.5, 0.6) is 17.2 Å². The van der Waals surface area contributed by atoms with Crippen LogP contribution in [0, 0.1) is 0 Å². The topological polar surface area (TPSA) is 77.0 Å². The van der Waals surface area contributed by atoms with Crippen LogP contribution in [0.2, 0.25) is 0 Å². The summed E-state index contributed by atoms with van der Waals surface area (Å²) in [6.07, 6.45) is 0. The predicted molar refractivity (Wildman–Crippen MR) is 109 cm³/mol. The SMILES string of the molecule is CCOc1ccc(COc2cccc([C@H]3N[C@@H](C(=O)O)CS3)c2)cc1OCC. The maximum Gasteiger partial charge on any atom is 0.321 e. The van der Waals surface area contributed by atoms with Gasteiger partial charge in [0, 0.05) is 5.75 Å². The van der Waals surface area contributed by atoms with Crippen molar-refractivity contribution in [3.05, 3.63) is 53.6 Å². The largest absolute Gasteiger partial charge is 0.490 e. The number of benzene rings is 2. The molecular weight excluding hydrogens is 378 g/mol. The average Bonchev–Trinajstić information content (AvgIpc) is 3.19. The van der Waals surface area contributed by atoms with E-state index in [2.05, 4.69) is 5.32 Å². The van der Waals surface area contributed by atoms with Crippen LogP contribution in [0.3, 0.4) is 0 Å². The van der Waals surface area contributed by atoms with Gasteiger partial charge in [0.15, 0.2) is 11.5 Å². The molecule has 3 rings (SSSR count). The van der Waals surface area contributed by atoms with E-state index in [0.717, 1.165) is 22.6 Å². The molecule has 6 nitrogen and oxygen atoms in total. The fourth-order valence-corrected chi connectivity index (χ4v) is 4.15. The lowest BCUT2D eigenvalue weighted by Crippen LogP contribution is -2.33. The van der Waals surface area contributed by atoms with Gasteiger partial charge in [-0.15, -0.1) is 11.8 Å². The van der Waals surface area contributed by atoms with Gasteiger partial charge in [0.25, 0.3) is 0 Å². The van der Waals surface area contributed by atoms with E-state index in [0.29, 0.717) is 31.3 Å². The number of hydrogen-bond acceptors (Lipinski definition) is 6. The zero-order valence-corrected chi connectivity index (χ0v) is 16.8. The molecule has 0 spiro atoms. The summed E-state index contributed by atoms with van der Waals surface area (Å²) in [6.45, 7) is 5.43. The lowest BCUT2D eigenvalue weighted by molar-refractivity contribution is -0.138. The molecule has 2 atom stereocenters. The Balaban J connectivity index is 1.65. The third kappa shape index (κ3) is 5.11. The summed E-state index contributed by atoms with van der Waals surface area (Å²) in [5.74, 6) is 1.92. The van der Waals surface area contributed by atoms with Gasteiger partial charge in [-0.2, -0.15) is 0 Å². The summed E-state index contributed by atoms with van der Waals surface area (Å²) in [5.41, 5.74) is 1.99. The maximum atomic E-state index is 11.1. The Morgan fingerprint density at radius 2 is 1.89 bits per heavy atom. The summed E-state index contributed by atoms with van der Waals surface area (Å²) >= 11 is 1.59. The first kappa shape index (κ1) is 20.4. The van der Waals surface area contributed by atoms with E-state index >= 15 is 0 Å². The first-order valence-electron chi connectivity index (χ1n) is 9.32. The molecule has 0 aromatic heterocycles. The standard InChI is InChI=1S/C21H25NO5S/c1-3-25-18-9-8-14(10-19(18)26-4-2)12-27-16-7-5-6-15(11-16)20-22-17(13-28-20)21(23)24/h5-11,17,20,22H,3-4,12-13H2,1-2H3,(H,23,24)/t17-,20+/m1/s1. The van der Waals surface area contributed by atoms with Gasteiger partial charge in [0.1, 0.15) is 18.4 Å². The molecule has 0 bridgehead atoms. The van der Waals surface area contributed by atoms with Gasteiger partial charge in [0.2, 0.25) is 0 Å². The van der Waals surface area contributed by atoms with Crippen LogP contribution in [0.1, 0.15) is 30.3 Å². The number of ether oxygens (including phenoxy) is 3. The van der Waals surface area contributed by atoms with Gasteiger partial charge < -0.3 is 19.3 Å². The van der Waals surface area contributed by atoms with Crippen LogP contribution in [-0.2, 0) is 11.4 Å². The molecule has 0 unspecified atom stereocenters. The molecule has 1 aliphatic rings. The molecule has 2 N–H and O–H groups in total. The summed E-state index contributed by atoms with van der Waals surface area (Å²) in [7, 11) is 0. The van der Waals surface area contributed by atoms with Crippen molar-refractivity contribution < 1.29 is 24.1 Å². The van der Waals surface area contributed by atoms with E-state index in [1.165, 1.54) is 0 Å². The number of rotatable bonds is 9. The molecule has 28 heavy (non-hydrogen) atoms. The molecule has 2 aromatic carbocycles. The Hall–Kier alpha value is -2.38. The van der Waals surface area contributed by atoms with Gasteiger partial charge in [-0.1, -0.05) is 18.2 Å². The normalized spacial score (nSPS) is 18.6. The quantitative estimate of drug-likeness (QED) is 0.658. The van der Waals surface area contributed by atoms with Gasteiger partial charge in [-0.05, 0) is 49.2 Å². The van der Waals surface area contributed by atoms with E-state index in [4.69, 9.17) is 19.3 Å². The summed E-state index contributed by atoms with van der Waals surface area (Å²) in [4.78, 5) is 11.1. The van der Waals surface area contributed by atoms with Crippen molar-refractivity contribution in [1.82, 2.24) is 5.32 Å². The van der Waals surface area contributed by atoms with Gasteiger partial charge >= 0.3 is 5.97 Å². The Morgan fingerprint density at radius 3 is 2.61 bits per heavy atom. The van der Waals surface area contributed by atoms with Crippen molar-refractivity contribution in [2.45, 2.75) is 31.9 Å². The van der Waals surface area contributed by atoms with Crippen molar-refractivity contribution in [1.29, 1.82) is 0 Å². The summed E-state index contributed by atoms with van der Waals surface area (Å²) in [5, 5.41) is 12.2. The van der Waals surface area contributed by atoms with Crippen molar-refractivity contribution in [3.8, 4) is 17.2 Å². The third-order valence-corrected chi connectivity index (χ3v) is 5.52. The minimum Gasteiger partial charge on any atom is -0.490 e. The molecule has 1 fully saturated rings. The lowest BCUT2D eigenvalue weighted by atomic mass is 10.2. The number of aliphatic carboxylic acids is 1. The molecular formula is C21H25NO5S. The highest BCUT2D eigenvalue weighted by molar-refractivity contribution is 7.99. The highest BCUT2D eigenvalue weighted by Gasteiger charge is 2.30. The van der Waals surface area contributed by atoms with Crippen LogP contribution < -0.4 is 19.5 Å². The Morgan fingerprint density at radius 1 is 1.11 bits per heavy atom. The van der Waals surface area contributed by atoms with Crippen molar-refractivity contribution in [2.24, 2.45) is 0 Å². The van der Waals surface area contributed by atoms with Gasteiger partial charge in [-0.25, -0.2) is 0 Å². The first-order valence-corrected chi connectivity index (χ1v) is 10.4. The fourth-order valence-electron chi connectivity index (χ4n) is 2.93. The van der Waals surface area contributed by atoms with E-state index < -0.39 is 12.0 Å². The van der Waals surface area contributed by atoms with Crippen LogP contribution >= 0.6 is 11.8 Å². The second kappa shape index (κ2) is 9.71. The Bertz CT molecular complexity index is 813. The summed E-state index contributed by atoms with van der Waals surface area (Å²) in [6, 6.07) is 13.0. The van der Waals surface area contributed by atoms with E-state index in [1.807, 2.05) is 56.3 Å². The van der Waals surface area contributed by atoms with Crippen LogP contribution in [-0.4, -0.2) is 36.1 Å². The first-order chi connectivity index (χ1) is 13.6. The molecule has 1 saturated heterocycles. The van der Waals surface area contributed by atoms with Crippen LogP contribution in [0.25, 0.3) is 0 Å². The molecule has 1 heterocycles. The third-order valence-electron chi connectivity index (χ3n) is 4.25. The van der Waals surface area contributed by atoms with Crippen LogP contribution in [0.4, 0.5) is 0 Å². The Labute approximate surface area is 169 Å². The molecule has 0 saturated carbocycles. The molecule has 2 aromatic rings. The number of nitrogens with one attached hydrogen (secondary N) is 1. The number of thioether (sulfide) groups is 1. The summed E-state index contributed by atoms with van der Waals surface area (Å²) < 4.78 is 17.2. The molecule has 0 radical (unpaired) electrons. The van der Waals surface area contributed by atoms with Gasteiger partial charge in [0.05, 0.1) is 18.6 Å². The lowest BCUT2D eigenvalue weighted by Gasteiger charge is -2.15. The predicted octanol–water partition coefficient (Wildman–Crippen LogP) is 3.85. The zero-order chi connectivity index (χ0) is 19.9. The highest BCUT2D eigenvalue weighted by Crippen LogP contribution is 2.34. The molecule has 150 valence electrons. The van der Waals surface area contributed by atoms with E-state index in [9.17, 15) is 4.79 Å². The van der Waals surface area contributed by atoms with Gasteiger partial charge in [-0.3, -0.25) is 10.1 Å². The molecule has 1 aliphatic heterocycles. The van der Waals surface area contributed by atoms with Crippen molar-refractivity contribution >= 4 is 17.7 Å². The Kier molecular flexibility index (Phi) is 7.06. The second-order valence-corrected chi connectivity index (χ2v) is 7.42. The number of carboxylic acid groups (broad SMARTS) is 1. The monoisotopic (exact) mass is 403 g/mol. The number of carboxylic acids is 1. The van der Waals surface area contributed by atoms with Crippen molar-refractivity contribution in [2.75, 3.05) is 19.0 Å². The molecule has 7 heteroatoms. The smallest absolute Gasteiger partial charge is 0.321 e. The van der Waals surface area contributed by atoms with Crippen molar-refractivity contribution in [3.63, 3.8) is 0 Å². The highest BCUT2D eigenvalue weighted by atomic mass is 32.2. The van der Waals surface area contributed by atoms with Crippen LogP contribution in [0.15, 0.2) is 42.5 Å². The molecule has 0 amide bonds. The second-order valence-electron chi connectivity index (χ2n) is 6.28. The maximum absolute atomic E-state index is 11.1. The number of carbonyl (C=O) groups is 1. The van der Waals surface area contributed by atoms with E-state index in [1.54, 1.807) is 11.8 Å². The minimum atomic E-state index is -0.817. The zero-order valence-electron chi connectivity index (χ0n) is 16.0.